The lowest BCUT2D eigenvalue weighted by Crippen LogP contribution is -2.70. The number of aromatic hydroxyl groups is 1. The van der Waals surface area contributed by atoms with Crippen molar-refractivity contribution in [1.82, 2.24) is 4.90 Å². The van der Waals surface area contributed by atoms with Gasteiger partial charge in [0.25, 0.3) is 5.91 Å². The summed E-state index contributed by atoms with van der Waals surface area (Å²) in [6.07, 6.45) is -1.73. The first kappa shape index (κ1) is 27.1. The highest BCUT2D eigenvalue weighted by molar-refractivity contribution is 6.24. The average molecular weight is 526 g/mol. The number of phenolic OH excluding ortho intramolecular Hbond substituents is 1. The van der Waals surface area contributed by atoms with E-state index in [2.05, 4.69) is 0 Å². The van der Waals surface area contributed by atoms with Crippen LogP contribution in [0.5, 0.6) is 5.75 Å². The fourth-order valence-electron chi connectivity index (χ4n) is 5.75. The minimum absolute atomic E-state index is 0. The molecule has 1 fully saturated rings. The second-order valence-corrected chi connectivity index (χ2v) is 9.20. The van der Waals surface area contributed by atoms with Crippen molar-refractivity contribution in [3.63, 3.8) is 0 Å². The molecule has 4 rings (SSSR count). The van der Waals surface area contributed by atoms with Crippen LogP contribution in [0.3, 0.4) is 0 Å². The van der Waals surface area contributed by atoms with Gasteiger partial charge in [-0.15, -0.1) is 12.4 Å². The Morgan fingerprint density at radius 2 is 1.78 bits per heavy atom. The molecule has 1 saturated carbocycles. The lowest BCUT2D eigenvalue weighted by atomic mass is 9.54. The standard InChI is InChI=1S/C22H23N3O10.ClH/c1-6-7-4-5-8(25(34)35)15(26)10(7)16(27)11-9(6)17(28)13-14(24(2)3)18(29)12(21(23)32)20(31)22(13,33)19(11)30;/h4-6,9,13-14,17,26-28,31,33H,1-3H3,(H2,23,32);1H/t6-,9+,13+,14-,17-,22-;/m0./s1. The number of benzene rings is 1. The molecule has 7 N–H and O–H groups in total. The van der Waals surface area contributed by atoms with Crippen LogP contribution in [0, 0.1) is 22.0 Å². The van der Waals surface area contributed by atoms with Crippen molar-refractivity contribution in [3.8, 4) is 5.75 Å². The Bertz CT molecular complexity index is 1290. The second-order valence-electron chi connectivity index (χ2n) is 9.20. The van der Waals surface area contributed by atoms with Crippen LogP contribution in [0.25, 0.3) is 5.76 Å². The third-order valence-corrected chi connectivity index (χ3v) is 7.30. The first-order valence-electron chi connectivity index (χ1n) is 10.5. The molecule has 6 atom stereocenters. The van der Waals surface area contributed by atoms with Gasteiger partial charge in [0.05, 0.1) is 28.6 Å². The van der Waals surface area contributed by atoms with E-state index in [0.29, 0.717) is 0 Å². The first-order chi connectivity index (χ1) is 16.2. The SMILES string of the molecule is C[C@H]1c2ccc([N+](=O)[O-])c(O)c2C(O)=C2C(=O)[C@]3(O)C(O)=C(C(N)=O)C(=O)[C@@H](N(C)C)[C@@H]3[C@@H](O)[C@@H]21.Cl. The zero-order valence-corrected chi connectivity index (χ0v) is 20.0. The number of fused-ring (bicyclic) bond motifs is 3. The van der Waals surface area contributed by atoms with E-state index >= 15 is 0 Å². The van der Waals surface area contributed by atoms with Gasteiger partial charge in [0.1, 0.15) is 17.1 Å². The lowest BCUT2D eigenvalue weighted by Gasteiger charge is -2.53. The summed E-state index contributed by atoms with van der Waals surface area (Å²) < 4.78 is 0. The normalized spacial score (nSPS) is 31.4. The van der Waals surface area contributed by atoms with E-state index in [0.717, 1.165) is 6.07 Å². The lowest BCUT2D eigenvalue weighted by molar-refractivity contribution is -0.385. The van der Waals surface area contributed by atoms with E-state index in [4.69, 9.17) is 5.73 Å². The van der Waals surface area contributed by atoms with Crippen molar-refractivity contribution < 1.29 is 44.8 Å². The van der Waals surface area contributed by atoms with E-state index < -0.39 is 97.6 Å². The van der Waals surface area contributed by atoms with E-state index in [-0.39, 0.29) is 18.0 Å². The van der Waals surface area contributed by atoms with Crippen LogP contribution in [-0.4, -0.2) is 84.7 Å². The molecule has 1 amide bonds. The molecular weight excluding hydrogens is 502 g/mol. The third-order valence-electron chi connectivity index (χ3n) is 7.30. The van der Waals surface area contributed by atoms with Crippen molar-refractivity contribution in [2.24, 2.45) is 17.6 Å². The number of carbonyl (C=O) groups is 3. The van der Waals surface area contributed by atoms with E-state index in [1.54, 1.807) is 0 Å². The largest absolute Gasteiger partial charge is 0.508 e. The molecule has 3 aliphatic rings. The average Bonchev–Trinajstić information content (AvgIpc) is 2.75. The van der Waals surface area contributed by atoms with Gasteiger partial charge < -0.3 is 31.3 Å². The van der Waals surface area contributed by atoms with Gasteiger partial charge in [-0.2, -0.15) is 0 Å². The van der Waals surface area contributed by atoms with Crippen LogP contribution in [-0.2, 0) is 14.4 Å². The number of halogens is 1. The molecule has 0 aliphatic heterocycles. The smallest absolute Gasteiger partial charge is 0.311 e. The molecule has 0 saturated heterocycles. The predicted molar refractivity (Wildman–Crippen MR) is 124 cm³/mol. The maximum absolute atomic E-state index is 13.7. The van der Waals surface area contributed by atoms with Gasteiger partial charge in [-0.05, 0) is 25.6 Å². The molecule has 0 unspecified atom stereocenters. The summed E-state index contributed by atoms with van der Waals surface area (Å²) in [4.78, 5) is 50.4. The van der Waals surface area contributed by atoms with Crippen molar-refractivity contribution in [2.45, 2.75) is 30.6 Å². The summed E-state index contributed by atoms with van der Waals surface area (Å²) in [6.45, 7) is 1.53. The molecule has 0 spiro atoms. The zero-order chi connectivity index (χ0) is 26.3. The van der Waals surface area contributed by atoms with Gasteiger partial charge in [0, 0.05) is 17.6 Å². The molecule has 0 bridgehead atoms. The van der Waals surface area contributed by atoms with Crippen LogP contribution in [0.15, 0.2) is 29.0 Å². The van der Waals surface area contributed by atoms with Gasteiger partial charge in [0.2, 0.25) is 11.5 Å². The number of likely N-dealkylation sites (N-methyl/N-ethyl adjacent to an activating group) is 1. The Morgan fingerprint density at radius 1 is 1.19 bits per heavy atom. The molecule has 1 aromatic rings. The van der Waals surface area contributed by atoms with Crippen molar-refractivity contribution in [1.29, 1.82) is 0 Å². The molecule has 0 aromatic heterocycles. The Labute approximate surface area is 209 Å². The molecule has 14 heteroatoms. The van der Waals surface area contributed by atoms with Crippen molar-refractivity contribution in [3.05, 3.63) is 50.3 Å². The zero-order valence-electron chi connectivity index (χ0n) is 19.2. The van der Waals surface area contributed by atoms with E-state index in [1.165, 1.54) is 32.0 Å². The van der Waals surface area contributed by atoms with Crippen LogP contribution in [0.1, 0.15) is 24.0 Å². The molecule has 36 heavy (non-hydrogen) atoms. The van der Waals surface area contributed by atoms with Gasteiger partial charge in [-0.1, -0.05) is 13.0 Å². The Kier molecular flexibility index (Phi) is 6.43. The number of aliphatic hydroxyl groups excluding tert-OH is 3. The number of hydrogen-bond acceptors (Lipinski definition) is 11. The van der Waals surface area contributed by atoms with Gasteiger partial charge >= 0.3 is 5.69 Å². The number of phenols is 1. The number of Topliss-reactive ketones (excluding diaryl/α,β-unsaturated/α-hetero) is 2. The number of nitrogens with two attached hydrogens (primary N) is 1. The first-order valence-corrected chi connectivity index (χ1v) is 10.5. The number of ketones is 2. The number of hydrogen-bond donors (Lipinski definition) is 6. The van der Waals surface area contributed by atoms with Crippen molar-refractivity contribution >= 4 is 41.3 Å². The number of carbonyl (C=O) groups excluding carboxylic acids is 3. The number of amides is 1. The number of primary amides is 1. The minimum Gasteiger partial charge on any atom is -0.508 e. The summed E-state index contributed by atoms with van der Waals surface area (Å²) in [6, 6.07) is 0.817. The third kappa shape index (κ3) is 3.17. The fraction of sp³-hybridized carbons (Fsp3) is 0.409. The Morgan fingerprint density at radius 3 is 2.28 bits per heavy atom. The van der Waals surface area contributed by atoms with Crippen LogP contribution >= 0.6 is 12.4 Å². The number of nitro groups is 1. The minimum atomic E-state index is -3.04. The van der Waals surface area contributed by atoms with Crippen LogP contribution in [0.4, 0.5) is 5.69 Å². The number of rotatable bonds is 3. The number of nitro benzene ring substituents is 1. The molecule has 13 nitrogen and oxygen atoms in total. The highest BCUT2D eigenvalue weighted by atomic mass is 35.5. The van der Waals surface area contributed by atoms with Gasteiger partial charge in [-0.25, -0.2) is 0 Å². The highest BCUT2D eigenvalue weighted by Gasteiger charge is 2.68. The van der Waals surface area contributed by atoms with Crippen LogP contribution < -0.4 is 5.73 Å². The number of aliphatic hydroxyl groups is 4. The van der Waals surface area contributed by atoms with Gasteiger partial charge in [-0.3, -0.25) is 29.4 Å². The second kappa shape index (κ2) is 8.55. The maximum Gasteiger partial charge on any atom is 0.311 e. The summed E-state index contributed by atoms with van der Waals surface area (Å²) in [5, 5.41) is 66.6. The molecule has 3 aliphatic carbocycles. The Balaban J connectivity index is 0.00000361. The maximum atomic E-state index is 13.7. The fourth-order valence-corrected chi connectivity index (χ4v) is 5.75. The molecule has 0 radical (unpaired) electrons. The van der Waals surface area contributed by atoms with E-state index in [1.807, 2.05) is 0 Å². The summed E-state index contributed by atoms with van der Waals surface area (Å²) in [5.41, 5.74) is -0.450. The van der Waals surface area contributed by atoms with Gasteiger partial charge in [0.15, 0.2) is 11.4 Å². The Hall–Kier alpha value is -3.52. The molecule has 0 heterocycles. The molecule has 1 aromatic carbocycles. The monoisotopic (exact) mass is 525 g/mol. The summed E-state index contributed by atoms with van der Waals surface area (Å²) >= 11 is 0. The topological polar surface area (TPSA) is 225 Å². The summed E-state index contributed by atoms with van der Waals surface area (Å²) in [5.74, 6) is -10.7. The van der Waals surface area contributed by atoms with E-state index in [9.17, 15) is 50.0 Å². The quantitative estimate of drug-likeness (QED) is 0.172. The van der Waals surface area contributed by atoms with Crippen LogP contribution in [0.2, 0.25) is 0 Å². The summed E-state index contributed by atoms with van der Waals surface area (Å²) in [7, 11) is 2.81. The molecule has 194 valence electrons. The predicted octanol–water partition coefficient (Wildman–Crippen LogP) is -0.174. The number of nitrogens with zero attached hydrogens (tertiary/aromatic N) is 2. The van der Waals surface area contributed by atoms with Crippen molar-refractivity contribution in [2.75, 3.05) is 14.1 Å². The highest BCUT2D eigenvalue weighted by Crippen LogP contribution is 2.56. The molecular formula is C22H24ClN3O10.